The van der Waals surface area contributed by atoms with Gasteiger partial charge >= 0.3 is 0 Å². The van der Waals surface area contributed by atoms with E-state index in [0.717, 1.165) is 0 Å². The van der Waals surface area contributed by atoms with Gasteiger partial charge in [-0.15, -0.1) is 5.10 Å². The summed E-state index contributed by atoms with van der Waals surface area (Å²) in [6.07, 6.45) is 1.45. The van der Waals surface area contributed by atoms with Crippen LogP contribution in [0, 0.1) is 0 Å². The number of anilines is 1. The maximum absolute atomic E-state index is 12.2. The topological polar surface area (TPSA) is 104 Å². The smallest absolute Gasteiger partial charge is 0.234 e. The lowest BCUT2D eigenvalue weighted by Crippen LogP contribution is -2.14. The molecule has 136 valence electrons. The van der Waals surface area contributed by atoms with Gasteiger partial charge in [-0.2, -0.15) is 0 Å². The number of ether oxygens (including phenoxy) is 2. The molecular weight excluding hydrogens is 356 g/mol. The summed E-state index contributed by atoms with van der Waals surface area (Å²) in [4.78, 5) is 20.6. The fraction of sp³-hybridized carbons (Fsp3) is 0.312. The largest absolute Gasteiger partial charge is 0.493 e. The van der Waals surface area contributed by atoms with E-state index in [9.17, 15) is 4.79 Å². The lowest BCUT2D eigenvalue weighted by molar-refractivity contribution is -0.113. The summed E-state index contributed by atoms with van der Waals surface area (Å²) in [6, 6.07) is 5.19. The van der Waals surface area contributed by atoms with E-state index >= 15 is 0 Å². The van der Waals surface area contributed by atoms with Gasteiger partial charge in [0, 0.05) is 18.3 Å². The normalized spacial score (nSPS) is 10.7. The van der Waals surface area contributed by atoms with Crippen LogP contribution >= 0.6 is 11.8 Å². The van der Waals surface area contributed by atoms with Crippen LogP contribution in [0.15, 0.2) is 29.6 Å². The molecule has 0 aliphatic heterocycles. The van der Waals surface area contributed by atoms with Gasteiger partial charge in [-0.3, -0.25) is 4.79 Å². The number of rotatable bonds is 7. The van der Waals surface area contributed by atoms with Crippen LogP contribution < -0.4 is 14.8 Å². The molecule has 26 heavy (non-hydrogen) atoms. The zero-order valence-corrected chi connectivity index (χ0v) is 15.4. The Hall–Kier alpha value is -2.88. The summed E-state index contributed by atoms with van der Waals surface area (Å²) < 4.78 is 12.1. The third-order valence-corrected chi connectivity index (χ3v) is 4.55. The van der Waals surface area contributed by atoms with Crippen molar-refractivity contribution in [2.24, 2.45) is 0 Å². The minimum atomic E-state index is -0.170. The SMILES string of the molecule is CCn1nnc2c(SCC(=O)Nc3ccc(OC)c(OC)c3)ncnc21. The van der Waals surface area contributed by atoms with Crippen molar-refractivity contribution >= 4 is 34.5 Å². The minimum Gasteiger partial charge on any atom is -0.493 e. The molecule has 0 saturated heterocycles. The van der Waals surface area contributed by atoms with Gasteiger partial charge in [0.15, 0.2) is 22.7 Å². The third-order valence-electron chi connectivity index (χ3n) is 3.57. The second-order valence-corrected chi connectivity index (χ2v) is 6.13. The van der Waals surface area contributed by atoms with Gasteiger partial charge in [0.1, 0.15) is 11.4 Å². The van der Waals surface area contributed by atoms with Gasteiger partial charge in [0.2, 0.25) is 5.91 Å². The van der Waals surface area contributed by atoms with Crippen molar-refractivity contribution in [3.63, 3.8) is 0 Å². The van der Waals surface area contributed by atoms with Gasteiger partial charge in [-0.25, -0.2) is 14.6 Å². The summed E-state index contributed by atoms with van der Waals surface area (Å²) in [5.41, 5.74) is 1.88. The van der Waals surface area contributed by atoms with Crippen molar-refractivity contribution in [1.29, 1.82) is 0 Å². The van der Waals surface area contributed by atoms with Crippen molar-refractivity contribution in [3.8, 4) is 11.5 Å². The first-order valence-electron chi connectivity index (χ1n) is 7.85. The quantitative estimate of drug-likeness (QED) is 0.495. The predicted octanol–water partition coefficient (Wildman–Crippen LogP) is 1.99. The number of aryl methyl sites for hydroxylation is 1. The van der Waals surface area contributed by atoms with Crippen LogP contribution in [-0.2, 0) is 11.3 Å². The Balaban J connectivity index is 1.67. The lowest BCUT2D eigenvalue weighted by atomic mass is 10.2. The molecule has 0 atom stereocenters. The Morgan fingerprint density at radius 1 is 1.23 bits per heavy atom. The van der Waals surface area contributed by atoms with Gasteiger partial charge in [-0.1, -0.05) is 17.0 Å². The molecular formula is C16H18N6O3S. The van der Waals surface area contributed by atoms with E-state index in [1.54, 1.807) is 37.1 Å². The van der Waals surface area contributed by atoms with Gasteiger partial charge in [0.25, 0.3) is 0 Å². The standard InChI is InChI=1S/C16H18N6O3S/c1-4-22-15-14(20-21-22)16(18-9-17-15)26-8-13(23)19-10-5-6-11(24-2)12(7-10)25-3/h5-7,9H,4,8H2,1-3H3,(H,19,23). The van der Waals surface area contributed by atoms with E-state index in [0.29, 0.717) is 39.9 Å². The minimum absolute atomic E-state index is 0.170. The Morgan fingerprint density at radius 3 is 2.77 bits per heavy atom. The number of fused-ring (bicyclic) bond motifs is 1. The van der Waals surface area contributed by atoms with Crippen LogP contribution in [0.1, 0.15) is 6.92 Å². The van der Waals surface area contributed by atoms with Crippen LogP contribution in [0.25, 0.3) is 11.2 Å². The van der Waals surface area contributed by atoms with E-state index in [4.69, 9.17) is 9.47 Å². The predicted molar refractivity (Wildman–Crippen MR) is 97.7 cm³/mol. The number of aromatic nitrogens is 5. The zero-order chi connectivity index (χ0) is 18.5. The molecule has 0 aliphatic carbocycles. The van der Waals surface area contributed by atoms with Crippen LogP contribution in [0.5, 0.6) is 11.5 Å². The number of hydrogen-bond acceptors (Lipinski definition) is 8. The van der Waals surface area contributed by atoms with E-state index in [2.05, 4.69) is 25.6 Å². The summed E-state index contributed by atoms with van der Waals surface area (Å²) in [5.74, 6) is 1.16. The molecule has 1 N–H and O–H groups in total. The molecule has 0 radical (unpaired) electrons. The number of methoxy groups -OCH3 is 2. The molecule has 0 bridgehead atoms. The summed E-state index contributed by atoms with van der Waals surface area (Å²) in [7, 11) is 3.10. The molecule has 0 aliphatic rings. The van der Waals surface area contributed by atoms with E-state index in [1.807, 2.05) is 6.92 Å². The maximum Gasteiger partial charge on any atom is 0.234 e. The summed E-state index contributed by atoms with van der Waals surface area (Å²) >= 11 is 1.28. The Kier molecular flexibility index (Phi) is 5.52. The highest BCUT2D eigenvalue weighted by atomic mass is 32.2. The second-order valence-electron chi connectivity index (χ2n) is 5.16. The number of nitrogens with one attached hydrogen (secondary N) is 1. The molecule has 0 unspecified atom stereocenters. The van der Waals surface area contributed by atoms with E-state index in [-0.39, 0.29) is 11.7 Å². The lowest BCUT2D eigenvalue weighted by Gasteiger charge is -2.10. The number of carbonyl (C=O) groups is 1. The number of thioether (sulfide) groups is 1. The highest BCUT2D eigenvalue weighted by molar-refractivity contribution is 8.00. The fourth-order valence-corrected chi connectivity index (χ4v) is 3.07. The van der Waals surface area contributed by atoms with E-state index < -0.39 is 0 Å². The third kappa shape index (κ3) is 3.69. The molecule has 0 spiro atoms. The van der Waals surface area contributed by atoms with Crippen LogP contribution in [-0.4, -0.2) is 50.8 Å². The number of carbonyl (C=O) groups excluding carboxylic acids is 1. The number of nitrogens with zero attached hydrogens (tertiary/aromatic N) is 5. The molecule has 0 saturated carbocycles. The average molecular weight is 374 g/mol. The zero-order valence-electron chi connectivity index (χ0n) is 14.6. The monoisotopic (exact) mass is 374 g/mol. The van der Waals surface area contributed by atoms with Crippen LogP contribution in [0.4, 0.5) is 5.69 Å². The van der Waals surface area contributed by atoms with Gasteiger partial charge in [0.05, 0.1) is 20.0 Å². The van der Waals surface area contributed by atoms with Gasteiger partial charge in [-0.05, 0) is 19.1 Å². The summed E-state index contributed by atoms with van der Waals surface area (Å²) in [6.45, 7) is 2.62. The van der Waals surface area contributed by atoms with Crippen molar-refractivity contribution in [2.75, 3.05) is 25.3 Å². The molecule has 2 aromatic heterocycles. The van der Waals surface area contributed by atoms with Crippen LogP contribution in [0.2, 0.25) is 0 Å². The number of amides is 1. The van der Waals surface area contributed by atoms with Crippen molar-refractivity contribution < 1.29 is 14.3 Å². The second kappa shape index (κ2) is 8.00. The van der Waals surface area contributed by atoms with Crippen molar-refractivity contribution in [2.45, 2.75) is 18.5 Å². The molecule has 3 aromatic rings. The van der Waals surface area contributed by atoms with Crippen molar-refractivity contribution in [3.05, 3.63) is 24.5 Å². The molecule has 3 rings (SSSR count). The Morgan fingerprint density at radius 2 is 2.04 bits per heavy atom. The molecule has 2 heterocycles. The van der Waals surface area contributed by atoms with E-state index in [1.165, 1.54) is 18.1 Å². The highest BCUT2D eigenvalue weighted by Gasteiger charge is 2.13. The number of benzene rings is 1. The molecule has 10 heteroatoms. The fourth-order valence-electron chi connectivity index (χ4n) is 2.33. The first-order chi connectivity index (χ1) is 12.7. The average Bonchev–Trinajstić information content (AvgIpc) is 3.10. The molecule has 1 aromatic carbocycles. The maximum atomic E-state index is 12.2. The summed E-state index contributed by atoms with van der Waals surface area (Å²) in [5, 5.41) is 11.6. The Labute approximate surface area is 154 Å². The number of hydrogen-bond donors (Lipinski definition) is 1. The molecule has 9 nitrogen and oxygen atoms in total. The molecule has 1 amide bonds. The van der Waals surface area contributed by atoms with Crippen molar-refractivity contribution in [1.82, 2.24) is 25.0 Å². The van der Waals surface area contributed by atoms with Crippen LogP contribution in [0.3, 0.4) is 0 Å². The first kappa shape index (κ1) is 17.9. The van der Waals surface area contributed by atoms with Gasteiger partial charge < -0.3 is 14.8 Å². The molecule has 0 fully saturated rings. The highest BCUT2D eigenvalue weighted by Crippen LogP contribution is 2.30. The first-order valence-corrected chi connectivity index (χ1v) is 8.83. The Bertz CT molecular complexity index is 929.